The summed E-state index contributed by atoms with van der Waals surface area (Å²) < 4.78 is 0. The van der Waals surface area contributed by atoms with Crippen molar-refractivity contribution in [2.24, 2.45) is 23.5 Å². The molecule has 3 nitrogen and oxygen atoms in total. The molecule has 0 rings (SSSR count). The Kier molecular flexibility index (Phi) is 4.35. The minimum Gasteiger partial charge on any atom is -0.369 e. The third-order valence-corrected chi connectivity index (χ3v) is 1.86. The van der Waals surface area contributed by atoms with E-state index in [1.807, 2.05) is 13.0 Å². The molecule has 0 radical (unpaired) electrons. The van der Waals surface area contributed by atoms with E-state index in [1.54, 1.807) is 0 Å². The second-order valence-electron chi connectivity index (χ2n) is 3.62. The number of nitriles is 1. The molecule has 0 fully saturated rings. The first-order chi connectivity index (χ1) is 5.49. The second kappa shape index (κ2) is 4.76. The summed E-state index contributed by atoms with van der Waals surface area (Å²) in [4.78, 5) is 10.8. The number of hydrogen-bond acceptors (Lipinski definition) is 2. The Bertz CT molecular complexity index is 193. The highest BCUT2D eigenvalue weighted by atomic mass is 16.1. The molecule has 2 N–H and O–H groups in total. The smallest absolute Gasteiger partial charge is 0.235 e. The van der Waals surface area contributed by atoms with E-state index in [-0.39, 0.29) is 5.92 Å². The second-order valence-corrected chi connectivity index (χ2v) is 3.62. The lowest BCUT2D eigenvalue weighted by Gasteiger charge is -2.16. The van der Waals surface area contributed by atoms with Gasteiger partial charge >= 0.3 is 0 Å². The molecule has 0 aromatic heterocycles. The first-order valence-corrected chi connectivity index (χ1v) is 4.18. The van der Waals surface area contributed by atoms with Gasteiger partial charge in [0.05, 0.1) is 6.07 Å². The van der Waals surface area contributed by atoms with Gasteiger partial charge in [-0.05, 0) is 18.3 Å². The standard InChI is InChI=1S/C9H16N2O/c1-6(2)4-7(3)8(5-10)9(11)12/h6-8H,4H2,1-3H3,(H2,11,12)/t7-,8-/m1/s1. The zero-order valence-corrected chi connectivity index (χ0v) is 7.87. The number of carbonyl (C=O) groups is 1. The monoisotopic (exact) mass is 168 g/mol. The Morgan fingerprint density at radius 2 is 2.00 bits per heavy atom. The van der Waals surface area contributed by atoms with Gasteiger partial charge in [0.1, 0.15) is 5.92 Å². The molecular formula is C9H16N2O. The summed E-state index contributed by atoms with van der Waals surface area (Å²) in [7, 11) is 0. The van der Waals surface area contributed by atoms with Crippen LogP contribution in [0.15, 0.2) is 0 Å². The fourth-order valence-electron chi connectivity index (χ4n) is 1.35. The third-order valence-electron chi connectivity index (χ3n) is 1.86. The summed E-state index contributed by atoms with van der Waals surface area (Å²) in [5.74, 6) is -0.583. The molecular weight excluding hydrogens is 152 g/mol. The van der Waals surface area contributed by atoms with Gasteiger partial charge in [-0.15, -0.1) is 0 Å². The number of nitrogens with zero attached hydrogens (tertiary/aromatic N) is 1. The number of nitrogens with two attached hydrogens (primary N) is 1. The maximum atomic E-state index is 10.8. The van der Waals surface area contributed by atoms with E-state index < -0.39 is 11.8 Å². The van der Waals surface area contributed by atoms with Crippen LogP contribution in [0.1, 0.15) is 27.2 Å². The fourth-order valence-corrected chi connectivity index (χ4v) is 1.35. The SMILES string of the molecule is CC(C)C[C@@H](C)[C@@H](C#N)C(N)=O. The predicted octanol–water partition coefficient (Wildman–Crippen LogP) is 1.29. The fraction of sp³-hybridized carbons (Fsp3) is 0.778. The number of primary amides is 1. The van der Waals surface area contributed by atoms with Crippen LogP contribution in [0.25, 0.3) is 0 Å². The molecule has 0 aliphatic rings. The third kappa shape index (κ3) is 3.38. The van der Waals surface area contributed by atoms with Crippen molar-refractivity contribution in [3.63, 3.8) is 0 Å². The number of rotatable bonds is 4. The van der Waals surface area contributed by atoms with E-state index in [1.165, 1.54) is 0 Å². The van der Waals surface area contributed by atoms with E-state index in [4.69, 9.17) is 11.0 Å². The Morgan fingerprint density at radius 3 is 2.25 bits per heavy atom. The molecule has 0 aliphatic carbocycles. The molecule has 0 spiro atoms. The van der Waals surface area contributed by atoms with Crippen LogP contribution in [0, 0.1) is 29.1 Å². The molecule has 2 atom stereocenters. The summed E-state index contributed by atoms with van der Waals surface area (Å²) in [5.41, 5.74) is 5.06. The van der Waals surface area contributed by atoms with Crippen molar-refractivity contribution in [1.29, 1.82) is 5.26 Å². The maximum absolute atomic E-state index is 10.8. The van der Waals surface area contributed by atoms with Crippen molar-refractivity contribution in [2.45, 2.75) is 27.2 Å². The van der Waals surface area contributed by atoms with Gasteiger partial charge in [0.15, 0.2) is 0 Å². The minimum atomic E-state index is -0.632. The molecule has 0 aromatic rings. The lowest BCUT2D eigenvalue weighted by Crippen LogP contribution is -2.28. The predicted molar refractivity (Wildman–Crippen MR) is 46.9 cm³/mol. The van der Waals surface area contributed by atoms with E-state index in [2.05, 4.69) is 13.8 Å². The zero-order valence-electron chi connectivity index (χ0n) is 7.87. The summed E-state index contributed by atoms with van der Waals surface area (Å²) in [6.07, 6.45) is 0.862. The van der Waals surface area contributed by atoms with Crippen LogP contribution in [-0.4, -0.2) is 5.91 Å². The van der Waals surface area contributed by atoms with Crippen LogP contribution in [0.2, 0.25) is 0 Å². The van der Waals surface area contributed by atoms with Crippen LogP contribution in [0.3, 0.4) is 0 Å². The molecule has 68 valence electrons. The van der Waals surface area contributed by atoms with Gasteiger partial charge in [-0.25, -0.2) is 0 Å². The van der Waals surface area contributed by atoms with Crippen molar-refractivity contribution in [3.8, 4) is 6.07 Å². The normalized spacial score (nSPS) is 15.2. The van der Waals surface area contributed by atoms with E-state index in [9.17, 15) is 4.79 Å². The summed E-state index contributed by atoms with van der Waals surface area (Å²) in [5, 5.41) is 8.63. The number of amides is 1. The lowest BCUT2D eigenvalue weighted by atomic mass is 9.87. The highest BCUT2D eigenvalue weighted by Crippen LogP contribution is 2.19. The molecule has 1 amide bonds. The Morgan fingerprint density at radius 1 is 1.50 bits per heavy atom. The average Bonchev–Trinajstić information content (AvgIpc) is 1.85. The van der Waals surface area contributed by atoms with Crippen LogP contribution in [-0.2, 0) is 4.79 Å². The Balaban J connectivity index is 4.15. The summed E-state index contributed by atoms with van der Waals surface area (Å²) in [6, 6.07) is 1.93. The van der Waals surface area contributed by atoms with Crippen molar-refractivity contribution in [1.82, 2.24) is 0 Å². The highest BCUT2D eigenvalue weighted by molar-refractivity contribution is 5.79. The minimum absolute atomic E-state index is 0.0625. The van der Waals surface area contributed by atoms with Gasteiger partial charge in [-0.2, -0.15) is 5.26 Å². The van der Waals surface area contributed by atoms with E-state index in [0.717, 1.165) is 6.42 Å². The molecule has 0 saturated heterocycles. The quantitative estimate of drug-likeness (QED) is 0.687. The molecule has 3 heteroatoms. The van der Waals surface area contributed by atoms with Crippen LogP contribution >= 0.6 is 0 Å². The molecule has 0 aliphatic heterocycles. The van der Waals surface area contributed by atoms with Gasteiger partial charge in [-0.3, -0.25) is 4.79 Å². The molecule has 0 bridgehead atoms. The van der Waals surface area contributed by atoms with Gasteiger partial charge in [0, 0.05) is 0 Å². The first kappa shape index (κ1) is 11.0. The summed E-state index contributed by atoms with van der Waals surface area (Å²) in [6.45, 7) is 6.01. The van der Waals surface area contributed by atoms with Gasteiger partial charge in [0.25, 0.3) is 0 Å². The maximum Gasteiger partial charge on any atom is 0.235 e. The largest absolute Gasteiger partial charge is 0.369 e. The van der Waals surface area contributed by atoms with Crippen molar-refractivity contribution >= 4 is 5.91 Å². The zero-order chi connectivity index (χ0) is 9.72. The summed E-state index contributed by atoms with van der Waals surface area (Å²) >= 11 is 0. The van der Waals surface area contributed by atoms with E-state index >= 15 is 0 Å². The first-order valence-electron chi connectivity index (χ1n) is 4.18. The average molecular weight is 168 g/mol. The molecule has 0 heterocycles. The molecule has 12 heavy (non-hydrogen) atoms. The van der Waals surface area contributed by atoms with E-state index in [0.29, 0.717) is 5.92 Å². The topological polar surface area (TPSA) is 66.9 Å². The van der Waals surface area contributed by atoms with Gasteiger partial charge in [0.2, 0.25) is 5.91 Å². The van der Waals surface area contributed by atoms with Crippen molar-refractivity contribution in [3.05, 3.63) is 0 Å². The molecule has 0 saturated carbocycles. The number of carbonyl (C=O) groups excluding carboxylic acids is 1. The molecule has 0 unspecified atom stereocenters. The van der Waals surface area contributed by atoms with Crippen molar-refractivity contribution < 1.29 is 4.79 Å². The number of hydrogen-bond donors (Lipinski definition) is 1. The van der Waals surface area contributed by atoms with Crippen LogP contribution in [0.4, 0.5) is 0 Å². The Hall–Kier alpha value is -1.04. The van der Waals surface area contributed by atoms with Gasteiger partial charge in [-0.1, -0.05) is 20.8 Å². The van der Waals surface area contributed by atoms with Crippen LogP contribution < -0.4 is 5.73 Å². The highest BCUT2D eigenvalue weighted by Gasteiger charge is 2.22. The molecule has 0 aromatic carbocycles. The van der Waals surface area contributed by atoms with Gasteiger partial charge < -0.3 is 5.73 Å². The van der Waals surface area contributed by atoms with Crippen molar-refractivity contribution in [2.75, 3.05) is 0 Å². The Labute approximate surface area is 73.6 Å². The lowest BCUT2D eigenvalue weighted by molar-refractivity contribution is -0.121. The van der Waals surface area contributed by atoms with Crippen LogP contribution in [0.5, 0.6) is 0 Å².